The summed E-state index contributed by atoms with van der Waals surface area (Å²) in [6, 6.07) is 15.7. The van der Waals surface area contributed by atoms with E-state index in [4.69, 9.17) is 11.6 Å². The molecular formula is C21H18ClN3O3S. The van der Waals surface area contributed by atoms with E-state index < -0.39 is 10.0 Å². The molecule has 29 heavy (non-hydrogen) atoms. The van der Waals surface area contributed by atoms with E-state index in [9.17, 15) is 13.2 Å². The maximum absolute atomic E-state index is 12.7. The molecule has 0 spiro atoms. The lowest BCUT2D eigenvalue weighted by atomic mass is 10.0. The molecular weight excluding hydrogens is 410 g/mol. The van der Waals surface area contributed by atoms with Gasteiger partial charge in [-0.1, -0.05) is 23.7 Å². The fraction of sp³-hybridized carbons (Fsp3) is 0.143. The van der Waals surface area contributed by atoms with E-state index in [1.165, 1.54) is 12.1 Å². The minimum absolute atomic E-state index is 0.0293. The second-order valence-corrected chi connectivity index (χ2v) is 8.86. The molecule has 0 fully saturated rings. The van der Waals surface area contributed by atoms with Crippen molar-refractivity contribution in [3.8, 4) is 11.1 Å². The first-order valence-electron chi connectivity index (χ1n) is 9.03. The minimum atomic E-state index is -3.82. The topological polar surface area (TPSA) is 79.4 Å². The van der Waals surface area contributed by atoms with Crippen LogP contribution in [-0.2, 0) is 21.2 Å². The molecule has 4 rings (SSSR count). The Morgan fingerprint density at radius 3 is 2.62 bits per heavy atom. The van der Waals surface area contributed by atoms with E-state index in [0.717, 1.165) is 28.8 Å². The highest BCUT2D eigenvalue weighted by atomic mass is 35.5. The molecule has 0 aliphatic carbocycles. The third-order valence-electron chi connectivity index (χ3n) is 4.81. The molecule has 148 valence electrons. The highest BCUT2D eigenvalue weighted by Gasteiger charge is 2.26. The highest BCUT2D eigenvalue weighted by molar-refractivity contribution is 7.89. The predicted molar refractivity (Wildman–Crippen MR) is 112 cm³/mol. The fourth-order valence-corrected chi connectivity index (χ4v) is 4.63. The van der Waals surface area contributed by atoms with Gasteiger partial charge in [0, 0.05) is 29.6 Å². The van der Waals surface area contributed by atoms with E-state index in [1.807, 2.05) is 24.3 Å². The number of sulfonamides is 1. The average molecular weight is 428 g/mol. The van der Waals surface area contributed by atoms with Crippen LogP contribution in [0.2, 0.25) is 5.02 Å². The SMILES string of the molecule is O=C(CNS(=O)(=O)c1cccc(Cl)c1)N1CCc2cc(-c3ccncc3)ccc21. The van der Waals surface area contributed by atoms with Crippen LogP contribution in [0.1, 0.15) is 5.56 Å². The first-order valence-corrected chi connectivity index (χ1v) is 10.9. The van der Waals surface area contributed by atoms with Crippen molar-refractivity contribution in [1.29, 1.82) is 0 Å². The molecule has 2 aromatic carbocycles. The van der Waals surface area contributed by atoms with Crippen LogP contribution in [-0.4, -0.2) is 32.4 Å². The molecule has 0 unspecified atom stereocenters. The monoisotopic (exact) mass is 427 g/mol. The Balaban J connectivity index is 1.48. The summed E-state index contributed by atoms with van der Waals surface area (Å²) in [5, 5.41) is 0.317. The molecule has 1 N–H and O–H groups in total. The first kappa shape index (κ1) is 19.6. The van der Waals surface area contributed by atoms with Gasteiger partial charge in [-0.25, -0.2) is 13.1 Å². The Morgan fingerprint density at radius 1 is 1.07 bits per heavy atom. The largest absolute Gasteiger partial charge is 0.311 e. The number of halogens is 1. The molecule has 0 bridgehead atoms. The number of aromatic nitrogens is 1. The van der Waals surface area contributed by atoms with Gasteiger partial charge < -0.3 is 4.90 Å². The van der Waals surface area contributed by atoms with Crippen molar-refractivity contribution >= 4 is 33.2 Å². The van der Waals surface area contributed by atoms with Crippen molar-refractivity contribution in [2.75, 3.05) is 18.0 Å². The van der Waals surface area contributed by atoms with Gasteiger partial charge >= 0.3 is 0 Å². The predicted octanol–water partition coefficient (Wildman–Crippen LogP) is 3.27. The Labute approximate surface area is 174 Å². The van der Waals surface area contributed by atoms with Crippen LogP contribution in [0.25, 0.3) is 11.1 Å². The zero-order valence-electron chi connectivity index (χ0n) is 15.4. The molecule has 0 atom stereocenters. The van der Waals surface area contributed by atoms with Crippen molar-refractivity contribution in [2.24, 2.45) is 0 Å². The molecule has 0 radical (unpaired) electrons. The van der Waals surface area contributed by atoms with Crippen LogP contribution in [0, 0.1) is 0 Å². The van der Waals surface area contributed by atoms with Crippen LogP contribution in [0.15, 0.2) is 71.9 Å². The lowest BCUT2D eigenvalue weighted by Crippen LogP contribution is -2.39. The number of fused-ring (bicyclic) bond motifs is 1. The Morgan fingerprint density at radius 2 is 1.86 bits per heavy atom. The van der Waals surface area contributed by atoms with Gasteiger partial charge in [-0.05, 0) is 65.6 Å². The second-order valence-electron chi connectivity index (χ2n) is 6.66. The van der Waals surface area contributed by atoms with E-state index in [0.29, 0.717) is 11.6 Å². The lowest BCUT2D eigenvalue weighted by Gasteiger charge is -2.18. The lowest BCUT2D eigenvalue weighted by molar-refractivity contribution is -0.117. The number of carbonyl (C=O) groups excluding carboxylic acids is 1. The van der Waals surface area contributed by atoms with Gasteiger partial charge in [-0.3, -0.25) is 9.78 Å². The Kier molecular flexibility index (Phi) is 5.36. The van der Waals surface area contributed by atoms with Gasteiger partial charge in [-0.2, -0.15) is 0 Å². The summed E-state index contributed by atoms with van der Waals surface area (Å²) in [5.41, 5.74) is 3.99. The van der Waals surface area contributed by atoms with Crippen molar-refractivity contribution in [3.63, 3.8) is 0 Å². The van der Waals surface area contributed by atoms with Crippen molar-refractivity contribution in [3.05, 3.63) is 77.6 Å². The summed E-state index contributed by atoms with van der Waals surface area (Å²) in [6.45, 7) is 0.202. The number of amides is 1. The second kappa shape index (κ2) is 7.94. The van der Waals surface area contributed by atoms with E-state index >= 15 is 0 Å². The maximum Gasteiger partial charge on any atom is 0.242 e. The smallest absolute Gasteiger partial charge is 0.242 e. The van der Waals surface area contributed by atoms with E-state index in [2.05, 4.69) is 15.8 Å². The van der Waals surface area contributed by atoms with Crippen LogP contribution in [0.5, 0.6) is 0 Å². The number of hydrogen-bond acceptors (Lipinski definition) is 4. The quantitative estimate of drug-likeness (QED) is 0.677. The summed E-state index contributed by atoms with van der Waals surface area (Å²) in [5.74, 6) is -0.300. The van der Waals surface area contributed by atoms with Gasteiger partial charge in [0.25, 0.3) is 0 Å². The fourth-order valence-electron chi connectivity index (χ4n) is 3.35. The number of pyridine rings is 1. The number of anilines is 1. The molecule has 3 aromatic rings. The van der Waals surface area contributed by atoms with Gasteiger partial charge in [0.15, 0.2) is 0 Å². The van der Waals surface area contributed by atoms with E-state index in [1.54, 1.807) is 29.4 Å². The molecule has 1 amide bonds. The number of rotatable bonds is 5. The summed E-state index contributed by atoms with van der Waals surface area (Å²) < 4.78 is 27.2. The zero-order valence-corrected chi connectivity index (χ0v) is 16.9. The average Bonchev–Trinajstić information content (AvgIpc) is 3.16. The normalized spacial score (nSPS) is 13.3. The summed E-state index contributed by atoms with van der Waals surface area (Å²) in [7, 11) is -3.82. The van der Waals surface area contributed by atoms with Crippen LogP contribution >= 0.6 is 11.6 Å². The van der Waals surface area contributed by atoms with E-state index in [-0.39, 0.29) is 17.3 Å². The zero-order chi connectivity index (χ0) is 20.4. The van der Waals surface area contributed by atoms with Crippen molar-refractivity contribution in [1.82, 2.24) is 9.71 Å². The number of carbonyl (C=O) groups is 1. The summed E-state index contributed by atoms with van der Waals surface area (Å²) >= 11 is 5.86. The molecule has 6 nitrogen and oxygen atoms in total. The Hall–Kier alpha value is -2.74. The number of nitrogens with one attached hydrogen (secondary N) is 1. The first-order chi connectivity index (χ1) is 13.9. The number of nitrogens with zero attached hydrogens (tertiary/aromatic N) is 2. The van der Waals surface area contributed by atoms with Gasteiger partial charge in [0.05, 0.1) is 11.4 Å². The van der Waals surface area contributed by atoms with Gasteiger partial charge in [-0.15, -0.1) is 0 Å². The minimum Gasteiger partial charge on any atom is -0.311 e. The summed E-state index contributed by atoms with van der Waals surface area (Å²) in [4.78, 5) is 18.3. The Bertz CT molecular complexity index is 1170. The molecule has 2 heterocycles. The number of benzene rings is 2. The molecule has 1 aliphatic heterocycles. The van der Waals surface area contributed by atoms with Crippen LogP contribution < -0.4 is 9.62 Å². The molecule has 0 saturated heterocycles. The van der Waals surface area contributed by atoms with Gasteiger partial charge in [0.2, 0.25) is 15.9 Å². The van der Waals surface area contributed by atoms with Crippen LogP contribution in [0.3, 0.4) is 0 Å². The molecule has 1 aromatic heterocycles. The maximum atomic E-state index is 12.7. The summed E-state index contributed by atoms with van der Waals surface area (Å²) in [6.07, 6.45) is 4.20. The molecule has 1 aliphatic rings. The van der Waals surface area contributed by atoms with Crippen molar-refractivity contribution < 1.29 is 13.2 Å². The third-order valence-corrected chi connectivity index (χ3v) is 6.44. The molecule has 0 saturated carbocycles. The van der Waals surface area contributed by atoms with Crippen LogP contribution in [0.4, 0.5) is 5.69 Å². The highest BCUT2D eigenvalue weighted by Crippen LogP contribution is 2.32. The van der Waals surface area contributed by atoms with Crippen molar-refractivity contribution in [2.45, 2.75) is 11.3 Å². The number of hydrogen-bond donors (Lipinski definition) is 1. The standard InChI is InChI=1S/C21H18ClN3O3S/c22-18-2-1-3-19(13-18)29(27,28)24-14-21(26)25-11-8-17-12-16(4-5-20(17)25)15-6-9-23-10-7-15/h1-7,9-10,12-13,24H,8,11,14H2. The molecule has 8 heteroatoms. The third kappa shape index (κ3) is 4.17. The van der Waals surface area contributed by atoms with Gasteiger partial charge in [0.1, 0.15) is 0 Å².